The van der Waals surface area contributed by atoms with E-state index in [0.717, 1.165) is 22.5 Å². The summed E-state index contributed by atoms with van der Waals surface area (Å²) in [5.41, 5.74) is 3.80. The number of rotatable bonds is 4. The Morgan fingerprint density at radius 1 is 1.17 bits per heavy atom. The van der Waals surface area contributed by atoms with Gasteiger partial charge in [0.05, 0.1) is 6.54 Å². The number of fused-ring (bicyclic) bond motifs is 1. The first-order valence-corrected chi connectivity index (χ1v) is 7.99. The second-order valence-electron chi connectivity index (χ2n) is 6.05. The zero-order valence-electron chi connectivity index (χ0n) is 14.1. The van der Waals surface area contributed by atoms with Crippen molar-refractivity contribution in [2.75, 3.05) is 5.32 Å². The van der Waals surface area contributed by atoms with Gasteiger partial charge in [-0.2, -0.15) is 0 Å². The van der Waals surface area contributed by atoms with Gasteiger partial charge in [0, 0.05) is 11.9 Å². The molecule has 0 saturated carbocycles. The number of benzene rings is 1. The highest BCUT2D eigenvalue weighted by molar-refractivity contribution is 5.91. The van der Waals surface area contributed by atoms with Gasteiger partial charge >= 0.3 is 6.03 Å². The first-order chi connectivity index (χ1) is 11.6. The Balaban J connectivity index is 1.71. The summed E-state index contributed by atoms with van der Waals surface area (Å²) < 4.78 is 1.85. The van der Waals surface area contributed by atoms with Gasteiger partial charge in [-0.05, 0) is 36.1 Å². The van der Waals surface area contributed by atoms with Crippen molar-refractivity contribution in [2.45, 2.75) is 33.2 Å². The van der Waals surface area contributed by atoms with E-state index in [2.05, 4.69) is 34.7 Å². The minimum Gasteiger partial charge on any atom is -0.331 e. The van der Waals surface area contributed by atoms with Crippen LogP contribution in [0.25, 0.3) is 5.65 Å². The molecular formula is C18H21N5O. The fourth-order valence-electron chi connectivity index (χ4n) is 2.67. The SMILES string of the molecule is Cc1cccc(C(C)C)c1NC(=O)NCc1nnc2ccccn12. The number of urea groups is 1. The minimum atomic E-state index is -0.251. The number of hydrogen-bond acceptors (Lipinski definition) is 3. The standard InChI is InChI=1S/C18H21N5O/c1-12(2)14-8-6-7-13(3)17(14)20-18(24)19-11-16-22-21-15-9-4-5-10-23(15)16/h4-10,12H,11H2,1-3H3,(H2,19,20,24). The molecule has 2 aromatic heterocycles. The van der Waals surface area contributed by atoms with Crippen LogP contribution in [0, 0.1) is 6.92 Å². The van der Waals surface area contributed by atoms with E-state index in [-0.39, 0.29) is 6.03 Å². The Morgan fingerprint density at radius 3 is 2.79 bits per heavy atom. The lowest BCUT2D eigenvalue weighted by Gasteiger charge is -2.16. The summed E-state index contributed by atoms with van der Waals surface area (Å²) in [7, 11) is 0. The van der Waals surface area contributed by atoms with Crippen LogP contribution in [0.15, 0.2) is 42.6 Å². The summed E-state index contributed by atoms with van der Waals surface area (Å²) in [5.74, 6) is 1.02. The van der Waals surface area contributed by atoms with Gasteiger partial charge in [-0.15, -0.1) is 10.2 Å². The summed E-state index contributed by atoms with van der Waals surface area (Å²) in [6.45, 7) is 6.52. The summed E-state index contributed by atoms with van der Waals surface area (Å²) in [4.78, 5) is 12.3. The Labute approximate surface area is 140 Å². The summed E-state index contributed by atoms with van der Waals surface area (Å²) >= 11 is 0. The Kier molecular flexibility index (Phi) is 4.46. The monoisotopic (exact) mass is 323 g/mol. The van der Waals surface area contributed by atoms with Crippen molar-refractivity contribution in [1.29, 1.82) is 0 Å². The average Bonchev–Trinajstić information content (AvgIpc) is 2.98. The minimum absolute atomic E-state index is 0.251. The molecule has 24 heavy (non-hydrogen) atoms. The van der Waals surface area contributed by atoms with Crippen molar-refractivity contribution in [3.05, 3.63) is 59.5 Å². The van der Waals surface area contributed by atoms with E-state index in [9.17, 15) is 4.79 Å². The Hall–Kier alpha value is -2.89. The number of nitrogens with one attached hydrogen (secondary N) is 2. The van der Waals surface area contributed by atoms with Crippen molar-refractivity contribution in [3.63, 3.8) is 0 Å². The molecule has 6 heteroatoms. The fourth-order valence-corrected chi connectivity index (χ4v) is 2.67. The number of nitrogens with zero attached hydrogens (tertiary/aromatic N) is 3. The molecule has 0 radical (unpaired) electrons. The molecule has 2 amide bonds. The second-order valence-corrected chi connectivity index (χ2v) is 6.05. The van der Waals surface area contributed by atoms with E-state index in [1.165, 1.54) is 0 Å². The van der Waals surface area contributed by atoms with E-state index in [1.807, 2.05) is 53.9 Å². The molecule has 0 aliphatic heterocycles. The molecule has 124 valence electrons. The molecule has 2 N–H and O–H groups in total. The zero-order chi connectivity index (χ0) is 17.1. The van der Waals surface area contributed by atoms with E-state index in [4.69, 9.17) is 0 Å². The van der Waals surface area contributed by atoms with Crippen LogP contribution in [0.4, 0.5) is 10.5 Å². The van der Waals surface area contributed by atoms with Crippen molar-refractivity contribution >= 4 is 17.4 Å². The molecule has 0 unspecified atom stereocenters. The molecule has 1 aromatic carbocycles. The summed E-state index contributed by atoms with van der Waals surface area (Å²) in [5, 5.41) is 14.0. The van der Waals surface area contributed by atoms with Crippen LogP contribution in [0.1, 0.15) is 36.7 Å². The molecular weight excluding hydrogens is 302 g/mol. The van der Waals surface area contributed by atoms with Gasteiger partial charge in [-0.3, -0.25) is 4.40 Å². The van der Waals surface area contributed by atoms with Crippen LogP contribution in [-0.2, 0) is 6.54 Å². The molecule has 3 aromatic rings. The first-order valence-electron chi connectivity index (χ1n) is 7.99. The number of aryl methyl sites for hydroxylation is 1. The number of carbonyl (C=O) groups is 1. The number of hydrogen-bond donors (Lipinski definition) is 2. The van der Waals surface area contributed by atoms with Gasteiger partial charge in [0.2, 0.25) is 0 Å². The van der Waals surface area contributed by atoms with Crippen LogP contribution in [0.3, 0.4) is 0 Å². The van der Waals surface area contributed by atoms with E-state index in [0.29, 0.717) is 18.3 Å². The number of para-hydroxylation sites is 1. The van der Waals surface area contributed by atoms with Gasteiger partial charge in [0.25, 0.3) is 0 Å². The predicted molar refractivity (Wildman–Crippen MR) is 94.1 cm³/mol. The maximum Gasteiger partial charge on any atom is 0.319 e. The van der Waals surface area contributed by atoms with E-state index >= 15 is 0 Å². The lowest BCUT2D eigenvalue weighted by atomic mass is 9.98. The molecule has 0 aliphatic rings. The molecule has 0 aliphatic carbocycles. The largest absolute Gasteiger partial charge is 0.331 e. The maximum absolute atomic E-state index is 12.3. The summed E-state index contributed by atoms with van der Waals surface area (Å²) in [6, 6.07) is 11.5. The van der Waals surface area contributed by atoms with Gasteiger partial charge in [0.15, 0.2) is 11.5 Å². The lowest BCUT2D eigenvalue weighted by Crippen LogP contribution is -2.29. The van der Waals surface area contributed by atoms with Crippen LogP contribution >= 0.6 is 0 Å². The molecule has 3 rings (SSSR count). The normalized spacial score (nSPS) is 11.0. The first kappa shape index (κ1) is 16.0. The molecule has 0 spiro atoms. The van der Waals surface area contributed by atoms with Crippen molar-refractivity contribution in [3.8, 4) is 0 Å². The number of aromatic nitrogens is 3. The predicted octanol–water partition coefficient (Wildman–Crippen LogP) is 3.48. The highest BCUT2D eigenvalue weighted by Crippen LogP contribution is 2.27. The average molecular weight is 323 g/mol. The highest BCUT2D eigenvalue weighted by atomic mass is 16.2. The van der Waals surface area contributed by atoms with Crippen molar-refractivity contribution in [2.24, 2.45) is 0 Å². The van der Waals surface area contributed by atoms with Crippen molar-refractivity contribution in [1.82, 2.24) is 19.9 Å². The van der Waals surface area contributed by atoms with Crippen LogP contribution < -0.4 is 10.6 Å². The quantitative estimate of drug-likeness (QED) is 0.772. The number of anilines is 1. The third-order valence-corrected chi connectivity index (χ3v) is 3.96. The van der Waals surface area contributed by atoms with E-state index in [1.54, 1.807) is 0 Å². The molecule has 0 saturated heterocycles. The van der Waals surface area contributed by atoms with E-state index < -0.39 is 0 Å². The fraction of sp³-hybridized carbons (Fsp3) is 0.278. The Morgan fingerprint density at radius 2 is 2.00 bits per heavy atom. The van der Waals surface area contributed by atoms with Gasteiger partial charge in [-0.25, -0.2) is 4.79 Å². The van der Waals surface area contributed by atoms with Gasteiger partial charge < -0.3 is 10.6 Å². The highest BCUT2D eigenvalue weighted by Gasteiger charge is 2.12. The lowest BCUT2D eigenvalue weighted by molar-refractivity contribution is 0.251. The molecule has 6 nitrogen and oxygen atoms in total. The van der Waals surface area contributed by atoms with Crippen LogP contribution in [-0.4, -0.2) is 20.6 Å². The molecule has 0 fully saturated rings. The summed E-state index contributed by atoms with van der Waals surface area (Å²) in [6.07, 6.45) is 1.88. The molecule has 0 atom stereocenters. The second kappa shape index (κ2) is 6.70. The number of amides is 2. The van der Waals surface area contributed by atoms with Gasteiger partial charge in [0.1, 0.15) is 0 Å². The zero-order valence-corrected chi connectivity index (χ0v) is 14.1. The van der Waals surface area contributed by atoms with Crippen LogP contribution in [0.2, 0.25) is 0 Å². The van der Waals surface area contributed by atoms with Crippen molar-refractivity contribution < 1.29 is 4.79 Å². The molecule has 2 heterocycles. The number of pyridine rings is 1. The Bertz CT molecular complexity index is 869. The third-order valence-electron chi connectivity index (χ3n) is 3.96. The maximum atomic E-state index is 12.3. The van der Waals surface area contributed by atoms with Crippen LogP contribution in [0.5, 0.6) is 0 Å². The smallest absolute Gasteiger partial charge is 0.319 e. The van der Waals surface area contributed by atoms with Gasteiger partial charge in [-0.1, -0.05) is 38.1 Å². The topological polar surface area (TPSA) is 71.3 Å². The molecule has 0 bridgehead atoms. The number of carbonyl (C=O) groups excluding carboxylic acids is 1. The third kappa shape index (κ3) is 3.22.